The Morgan fingerprint density at radius 3 is 2.52 bits per heavy atom. The highest BCUT2D eigenvalue weighted by atomic mass is 16.5. The number of carbonyl (C=O) groups excluding carboxylic acids is 2. The number of carbonyl (C=O) groups is 2. The van der Waals surface area contributed by atoms with Gasteiger partial charge in [0.05, 0.1) is 13.0 Å². The molecule has 6 heteroatoms. The maximum atomic E-state index is 12.0. The van der Waals surface area contributed by atoms with Crippen LogP contribution in [0.3, 0.4) is 0 Å². The quantitative estimate of drug-likeness (QED) is 0.605. The van der Waals surface area contributed by atoms with Crippen LogP contribution in [0.4, 0.5) is 5.69 Å². The third kappa shape index (κ3) is 3.72. The standard InChI is InChI=1S/C15H20N2O4/c1-3-17-14(18)10-13(15(17)19)16-11-4-6-12(7-5-11)21-9-8-20-2/h4-7,13,16H,3,8-10H2,1-2H3/t13-/m1/s1. The number of ether oxygens (including phenoxy) is 2. The highest BCUT2D eigenvalue weighted by Gasteiger charge is 2.37. The summed E-state index contributed by atoms with van der Waals surface area (Å²) >= 11 is 0. The molecular weight excluding hydrogens is 272 g/mol. The number of nitrogens with zero attached hydrogens (tertiary/aromatic N) is 1. The molecule has 0 saturated carbocycles. The fourth-order valence-corrected chi connectivity index (χ4v) is 2.22. The van der Waals surface area contributed by atoms with Gasteiger partial charge in [0.2, 0.25) is 5.91 Å². The second kappa shape index (κ2) is 7.08. The lowest BCUT2D eigenvalue weighted by Crippen LogP contribution is -2.34. The predicted molar refractivity (Wildman–Crippen MR) is 78.2 cm³/mol. The van der Waals surface area contributed by atoms with Crippen molar-refractivity contribution in [1.82, 2.24) is 4.90 Å². The maximum absolute atomic E-state index is 12.0. The molecule has 0 spiro atoms. The zero-order valence-electron chi connectivity index (χ0n) is 12.3. The number of likely N-dealkylation sites (N-methyl/N-ethyl adjacent to an activating group) is 1. The van der Waals surface area contributed by atoms with Crippen molar-refractivity contribution < 1.29 is 19.1 Å². The molecule has 1 N–H and O–H groups in total. The first-order valence-corrected chi connectivity index (χ1v) is 6.98. The van der Waals surface area contributed by atoms with Crippen LogP contribution in [0.25, 0.3) is 0 Å². The first-order valence-electron chi connectivity index (χ1n) is 6.98. The average Bonchev–Trinajstić information content (AvgIpc) is 2.75. The largest absolute Gasteiger partial charge is 0.491 e. The van der Waals surface area contributed by atoms with Gasteiger partial charge in [0.1, 0.15) is 18.4 Å². The van der Waals surface area contributed by atoms with Gasteiger partial charge < -0.3 is 14.8 Å². The molecule has 1 aromatic carbocycles. The van der Waals surface area contributed by atoms with Crippen molar-refractivity contribution in [3.05, 3.63) is 24.3 Å². The van der Waals surface area contributed by atoms with Crippen molar-refractivity contribution >= 4 is 17.5 Å². The van der Waals surface area contributed by atoms with E-state index in [4.69, 9.17) is 9.47 Å². The summed E-state index contributed by atoms with van der Waals surface area (Å²) in [7, 11) is 1.62. The van der Waals surface area contributed by atoms with E-state index in [9.17, 15) is 9.59 Å². The Morgan fingerprint density at radius 2 is 1.95 bits per heavy atom. The van der Waals surface area contributed by atoms with Gasteiger partial charge in [-0.25, -0.2) is 0 Å². The first kappa shape index (κ1) is 15.3. The first-order chi connectivity index (χ1) is 10.2. The van der Waals surface area contributed by atoms with Crippen LogP contribution < -0.4 is 10.1 Å². The maximum Gasteiger partial charge on any atom is 0.252 e. The van der Waals surface area contributed by atoms with Gasteiger partial charge in [0, 0.05) is 19.3 Å². The lowest BCUT2D eigenvalue weighted by molar-refractivity contribution is -0.138. The monoisotopic (exact) mass is 292 g/mol. The third-order valence-corrected chi connectivity index (χ3v) is 3.31. The van der Waals surface area contributed by atoms with Gasteiger partial charge in [-0.05, 0) is 31.2 Å². The zero-order valence-corrected chi connectivity index (χ0v) is 12.3. The van der Waals surface area contributed by atoms with E-state index in [0.717, 1.165) is 11.4 Å². The van der Waals surface area contributed by atoms with E-state index in [-0.39, 0.29) is 18.2 Å². The van der Waals surface area contributed by atoms with E-state index in [1.165, 1.54) is 4.90 Å². The van der Waals surface area contributed by atoms with Crippen LogP contribution in [0.5, 0.6) is 5.75 Å². The molecule has 1 atom stereocenters. The Morgan fingerprint density at radius 1 is 1.24 bits per heavy atom. The molecule has 0 unspecified atom stereocenters. The molecule has 1 aliphatic rings. The third-order valence-electron chi connectivity index (χ3n) is 3.31. The Kier molecular flexibility index (Phi) is 5.16. The van der Waals surface area contributed by atoms with Gasteiger partial charge in [-0.15, -0.1) is 0 Å². The minimum Gasteiger partial charge on any atom is -0.491 e. The number of likely N-dealkylation sites (tertiary alicyclic amines) is 1. The smallest absolute Gasteiger partial charge is 0.252 e. The molecule has 114 valence electrons. The van der Waals surface area contributed by atoms with Gasteiger partial charge in [0.25, 0.3) is 5.91 Å². The molecular formula is C15H20N2O4. The number of rotatable bonds is 7. The van der Waals surface area contributed by atoms with Crippen LogP contribution in [0, 0.1) is 0 Å². The zero-order chi connectivity index (χ0) is 15.2. The summed E-state index contributed by atoms with van der Waals surface area (Å²) in [5.74, 6) is 0.448. The van der Waals surface area contributed by atoms with Crippen molar-refractivity contribution in [3.8, 4) is 5.75 Å². The normalized spacial score (nSPS) is 18.2. The Labute approximate surface area is 124 Å². The average molecular weight is 292 g/mol. The molecule has 6 nitrogen and oxygen atoms in total. The summed E-state index contributed by atoms with van der Waals surface area (Å²) in [4.78, 5) is 24.9. The van der Waals surface area contributed by atoms with E-state index in [1.807, 2.05) is 24.3 Å². The number of benzene rings is 1. The molecule has 1 saturated heterocycles. The SMILES string of the molecule is CCN1C(=O)C[C@@H](Nc2ccc(OCCOC)cc2)C1=O. The number of imide groups is 1. The topological polar surface area (TPSA) is 67.9 Å². The highest BCUT2D eigenvalue weighted by molar-refractivity contribution is 6.06. The van der Waals surface area contributed by atoms with Crippen LogP contribution in [-0.2, 0) is 14.3 Å². The fourth-order valence-electron chi connectivity index (χ4n) is 2.22. The minimum atomic E-state index is -0.474. The van der Waals surface area contributed by atoms with Crippen LogP contribution in [0.1, 0.15) is 13.3 Å². The molecule has 1 aromatic rings. The molecule has 0 radical (unpaired) electrons. The molecule has 1 heterocycles. The fraction of sp³-hybridized carbons (Fsp3) is 0.467. The number of methoxy groups -OCH3 is 1. The second-order valence-corrected chi connectivity index (χ2v) is 4.74. The van der Waals surface area contributed by atoms with E-state index in [0.29, 0.717) is 19.8 Å². The summed E-state index contributed by atoms with van der Waals surface area (Å²) in [6.07, 6.45) is 0.207. The minimum absolute atomic E-state index is 0.125. The molecule has 21 heavy (non-hydrogen) atoms. The number of anilines is 1. The van der Waals surface area contributed by atoms with Crippen LogP contribution >= 0.6 is 0 Å². The molecule has 2 rings (SSSR count). The van der Waals surface area contributed by atoms with Gasteiger partial charge in [-0.1, -0.05) is 0 Å². The van der Waals surface area contributed by atoms with E-state index >= 15 is 0 Å². The van der Waals surface area contributed by atoms with Gasteiger partial charge in [-0.2, -0.15) is 0 Å². The van der Waals surface area contributed by atoms with Gasteiger partial charge in [0.15, 0.2) is 0 Å². The lowest BCUT2D eigenvalue weighted by atomic mass is 10.2. The van der Waals surface area contributed by atoms with Crippen LogP contribution in [-0.4, -0.2) is 49.6 Å². The lowest BCUT2D eigenvalue weighted by Gasteiger charge is -2.14. The molecule has 0 bridgehead atoms. The molecule has 0 aromatic heterocycles. The van der Waals surface area contributed by atoms with Crippen molar-refractivity contribution in [2.24, 2.45) is 0 Å². The van der Waals surface area contributed by atoms with Crippen molar-refractivity contribution in [2.75, 3.05) is 32.2 Å². The Hall–Kier alpha value is -2.08. The van der Waals surface area contributed by atoms with Crippen LogP contribution in [0.15, 0.2) is 24.3 Å². The summed E-state index contributed by atoms with van der Waals surface area (Å²) in [6, 6.07) is 6.81. The van der Waals surface area contributed by atoms with E-state index in [2.05, 4.69) is 5.32 Å². The summed E-state index contributed by atoms with van der Waals surface area (Å²) in [5.41, 5.74) is 0.790. The predicted octanol–water partition coefficient (Wildman–Crippen LogP) is 1.27. The van der Waals surface area contributed by atoms with E-state index < -0.39 is 6.04 Å². The number of amides is 2. The van der Waals surface area contributed by atoms with Gasteiger partial charge >= 0.3 is 0 Å². The van der Waals surface area contributed by atoms with Gasteiger partial charge in [-0.3, -0.25) is 14.5 Å². The van der Waals surface area contributed by atoms with Crippen molar-refractivity contribution in [3.63, 3.8) is 0 Å². The molecule has 1 aliphatic heterocycles. The number of nitrogens with one attached hydrogen (secondary N) is 1. The van der Waals surface area contributed by atoms with Crippen LogP contribution in [0.2, 0.25) is 0 Å². The Balaban J connectivity index is 1.92. The van der Waals surface area contributed by atoms with Crippen molar-refractivity contribution in [1.29, 1.82) is 0 Å². The summed E-state index contributed by atoms with van der Waals surface area (Å²) in [6.45, 7) is 3.24. The highest BCUT2D eigenvalue weighted by Crippen LogP contribution is 2.20. The number of hydrogen-bond donors (Lipinski definition) is 1. The second-order valence-electron chi connectivity index (χ2n) is 4.74. The summed E-state index contributed by atoms with van der Waals surface area (Å²) in [5, 5.41) is 3.09. The van der Waals surface area contributed by atoms with Crippen molar-refractivity contribution in [2.45, 2.75) is 19.4 Å². The van der Waals surface area contributed by atoms with E-state index in [1.54, 1.807) is 14.0 Å². The number of hydrogen-bond acceptors (Lipinski definition) is 5. The molecule has 2 amide bonds. The molecule has 0 aliphatic carbocycles. The summed E-state index contributed by atoms with van der Waals surface area (Å²) < 4.78 is 10.4. The molecule has 1 fully saturated rings. The Bertz CT molecular complexity index is 501.